The third kappa shape index (κ3) is 2.52. The number of nitrogens with two attached hydrogens (primary N) is 1. The van der Waals surface area contributed by atoms with E-state index >= 15 is 0 Å². The fourth-order valence-corrected chi connectivity index (χ4v) is 3.66. The number of hydrogen-bond acceptors (Lipinski definition) is 3. The maximum absolute atomic E-state index is 12.6. The van der Waals surface area contributed by atoms with E-state index in [-0.39, 0.29) is 6.03 Å². The normalized spacial score (nSPS) is 19.2. The minimum atomic E-state index is 0.145. The summed E-state index contributed by atoms with van der Waals surface area (Å²) < 4.78 is 0. The first-order valence-corrected chi connectivity index (χ1v) is 7.83. The number of piperidine rings is 1. The Morgan fingerprint density at radius 3 is 2.74 bits per heavy atom. The van der Waals surface area contributed by atoms with Crippen LogP contribution in [0, 0.1) is 0 Å². The largest absolute Gasteiger partial charge is 0.399 e. The topological polar surface area (TPSA) is 49.6 Å². The Labute approximate surface area is 117 Å². The summed E-state index contributed by atoms with van der Waals surface area (Å²) in [5.74, 6) is 0.955. The molecule has 2 aliphatic heterocycles. The van der Waals surface area contributed by atoms with Crippen LogP contribution >= 0.6 is 11.8 Å². The Kier molecular flexibility index (Phi) is 3.55. The van der Waals surface area contributed by atoms with Crippen molar-refractivity contribution in [1.29, 1.82) is 0 Å². The molecule has 0 radical (unpaired) electrons. The summed E-state index contributed by atoms with van der Waals surface area (Å²) in [6.07, 6.45) is 3.49. The molecule has 2 aliphatic rings. The van der Waals surface area contributed by atoms with Gasteiger partial charge in [0.2, 0.25) is 0 Å². The van der Waals surface area contributed by atoms with Crippen LogP contribution in [0.3, 0.4) is 0 Å². The van der Waals surface area contributed by atoms with Crippen molar-refractivity contribution in [2.75, 3.05) is 36.0 Å². The van der Waals surface area contributed by atoms with Crippen LogP contribution in [0.25, 0.3) is 0 Å². The van der Waals surface area contributed by atoms with E-state index in [1.54, 1.807) is 11.8 Å². The van der Waals surface area contributed by atoms with Gasteiger partial charge in [-0.1, -0.05) is 0 Å². The fourth-order valence-electron chi connectivity index (χ4n) is 2.69. The highest BCUT2D eigenvalue weighted by molar-refractivity contribution is 7.99. The van der Waals surface area contributed by atoms with Gasteiger partial charge in [0, 0.05) is 36.0 Å². The lowest BCUT2D eigenvalue weighted by atomic mass is 10.1. The molecule has 0 aliphatic carbocycles. The smallest absolute Gasteiger partial charge is 0.324 e. The zero-order valence-electron chi connectivity index (χ0n) is 11.0. The number of likely N-dealkylation sites (tertiary alicyclic amines) is 1. The first-order valence-electron chi connectivity index (χ1n) is 6.84. The second-order valence-corrected chi connectivity index (χ2v) is 6.19. The molecule has 0 spiro atoms. The van der Waals surface area contributed by atoms with Crippen LogP contribution in [0.4, 0.5) is 16.2 Å². The maximum atomic E-state index is 12.6. The van der Waals surface area contributed by atoms with Gasteiger partial charge in [-0.25, -0.2) is 4.79 Å². The fraction of sp³-hybridized carbons (Fsp3) is 0.500. The number of carbonyl (C=O) groups excluding carboxylic acids is 1. The summed E-state index contributed by atoms with van der Waals surface area (Å²) in [7, 11) is 0. The summed E-state index contributed by atoms with van der Waals surface area (Å²) in [6, 6.07) is 5.99. The molecule has 1 saturated heterocycles. The molecule has 3 rings (SSSR count). The lowest BCUT2D eigenvalue weighted by Crippen LogP contribution is -2.47. The van der Waals surface area contributed by atoms with E-state index < -0.39 is 0 Å². The molecule has 4 nitrogen and oxygen atoms in total. The Morgan fingerprint density at radius 2 is 1.95 bits per heavy atom. The standard InChI is InChI=1S/C14H19N3OS/c15-11-4-5-13-12(10-11)17(8-9-19-13)14(18)16-6-2-1-3-7-16/h4-5,10H,1-3,6-9,15H2. The van der Waals surface area contributed by atoms with Crippen LogP contribution in [-0.2, 0) is 0 Å². The summed E-state index contributed by atoms with van der Waals surface area (Å²) in [6.45, 7) is 2.55. The van der Waals surface area contributed by atoms with Crippen molar-refractivity contribution in [2.24, 2.45) is 0 Å². The molecule has 1 fully saturated rings. The van der Waals surface area contributed by atoms with Crippen molar-refractivity contribution in [2.45, 2.75) is 24.2 Å². The molecule has 0 bridgehead atoms. The van der Waals surface area contributed by atoms with Gasteiger partial charge in [0.25, 0.3) is 0 Å². The Morgan fingerprint density at radius 1 is 1.16 bits per heavy atom. The number of nitrogens with zero attached hydrogens (tertiary/aromatic N) is 2. The van der Waals surface area contributed by atoms with Crippen LogP contribution in [0.2, 0.25) is 0 Å². The van der Waals surface area contributed by atoms with Gasteiger partial charge in [-0.15, -0.1) is 11.8 Å². The van der Waals surface area contributed by atoms with E-state index in [2.05, 4.69) is 0 Å². The van der Waals surface area contributed by atoms with E-state index in [1.807, 2.05) is 28.0 Å². The van der Waals surface area contributed by atoms with Crippen LogP contribution in [0.15, 0.2) is 23.1 Å². The van der Waals surface area contributed by atoms with Crippen molar-refractivity contribution >= 4 is 29.2 Å². The number of amides is 2. The number of benzene rings is 1. The van der Waals surface area contributed by atoms with Crippen molar-refractivity contribution < 1.29 is 4.79 Å². The van der Waals surface area contributed by atoms with Gasteiger partial charge < -0.3 is 10.6 Å². The molecule has 0 saturated carbocycles. The quantitative estimate of drug-likeness (QED) is 0.742. The zero-order chi connectivity index (χ0) is 13.2. The summed E-state index contributed by atoms with van der Waals surface area (Å²) >= 11 is 1.80. The molecule has 1 aromatic rings. The van der Waals surface area contributed by atoms with E-state index in [1.165, 1.54) is 6.42 Å². The van der Waals surface area contributed by atoms with Crippen LogP contribution in [-0.4, -0.2) is 36.3 Å². The molecule has 19 heavy (non-hydrogen) atoms. The van der Waals surface area contributed by atoms with Crippen molar-refractivity contribution in [3.8, 4) is 0 Å². The second kappa shape index (κ2) is 5.33. The number of hydrogen-bond donors (Lipinski definition) is 1. The minimum Gasteiger partial charge on any atom is -0.399 e. The Hall–Kier alpha value is -1.36. The number of nitrogen functional groups attached to an aromatic ring is 1. The number of carbonyl (C=O) groups is 1. The van der Waals surface area contributed by atoms with Crippen molar-refractivity contribution in [3.63, 3.8) is 0 Å². The number of fused-ring (bicyclic) bond motifs is 1. The predicted molar refractivity (Wildman–Crippen MR) is 79.7 cm³/mol. The minimum absolute atomic E-state index is 0.145. The molecule has 0 aromatic heterocycles. The lowest BCUT2D eigenvalue weighted by molar-refractivity contribution is 0.193. The first kappa shape index (κ1) is 12.7. The lowest BCUT2D eigenvalue weighted by Gasteiger charge is -2.35. The zero-order valence-corrected chi connectivity index (χ0v) is 11.8. The average Bonchev–Trinajstić information content (AvgIpc) is 2.47. The van der Waals surface area contributed by atoms with Crippen molar-refractivity contribution in [3.05, 3.63) is 18.2 Å². The van der Waals surface area contributed by atoms with E-state index in [0.717, 1.165) is 54.5 Å². The highest BCUT2D eigenvalue weighted by atomic mass is 32.2. The highest BCUT2D eigenvalue weighted by Gasteiger charge is 2.27. The third-order valence-corrected chi connectivity index (χ3v) is 4.75. The summed E-state index contributed by atoms with van der Waals surface area (Å²) in [5.41, 5.74) is 7.56. The summed E-state index contributed by atoms with van der Waals surface area (Å²) in [4.78, 5) is 17.7. The molecule has 1 aromatic carbocycles. The molecule has 2 amide bonds. The molecule has 2 heterocycles. The van der Waals surface area contributed by atoms with Gasteiger partial charge in [-0.05, 0) is 37.5 Å². The number of rotatable bonds is 0. The predicted octanol–water partition coefficient (Wildman–Crippen LogP) is 2.79. The van der Waals surface area contributed by atoms with Gasteiger partial charge in [0.15, 0.2) is 0 Å². The molecular formula is C14H19N3OS. The molecule has 0 unspecified atom stereocenters. The van der Waals surface area contributed by atoms with Crippen LogP contribution in [0.1, 0.15) is 19.3 Å². The Bertz CT molecular complexity index is 486. The SMILES string of the molecule is Nc1ccc2c(c1)N(C(=O)N1CCCCC1)CCS2. The van der Waals surface area contributed by atoms with E-state index in [4.69, 9.17) is 5.73 Å². The average molecular weight is 277 g/mol. The molecular weight excluding hydrogens is 258 g/mol. The molecule has 0 atom stereocenters. The van der Waals surface area contributed by atoms with Gasteiger partial charge in [0.1, 0.15) is 0 Å². The van der Waals surface area contributed by atoms with E-state index in [9.17, 15) is 4.79 Å². The van der Waals surface area contributed by atoms with Crippen LogP contribution < -0.4 is 10.6 Å². The van der Waals surface area contributed by atoms with Gasteiger partial charge in [0.05, 0.1) is 5.69 Å². The van der Waals surface area contributed by atoms with Gasteiger partial charge >= 0.3 is 6.03 Å². The van der Waals surface area contributed by atoms with Gasteiger partial charge in [-0.3, -0.25) is 4.90 Å². The number of anilines is 2. The van der Waals surface area contributed by atoms with Gasteiger partial charge in [-0.2, -0.15) is 0 Å². The third-order valence-electron chi connectivity index (χ3n) is 3.70. The highest BCUT2D eigenvalue weighted by Crippen LogP contribution is 2.36. The Balaban J connectivity index is 1.86. The number of thioether (sulfide) groups is 1. The molecule has 102 valence electrons. The number of urea groups is 1. The monoisotopic (exact) mass is 277 g/mol. The maximum Gasteiger partial charge on any atom is 0.324 e. The summed E-state index contributed by atoms with van der Waals surface area (Å²) in [5, 5.41) is 0. The van der Waals surface area contributed by atoms with Crippen molar-refractivity contribution in [1.82, 2.24) is 4.90 Å². The van der Waals surface area contributed by atoms with Crippen LogP contribution in [0.5, 0.6) is 0 Å². The van der Waals surface area contributed by atoms with E-state index in [0.29, 0.717) is 0 Å². The first-order chi connectivity index (χ1) is 9.25. The molecule has 5 heteroatoms. The second-order valence-electron chi connectivity index (χ2n) is 5.06. The molecule has 2 N–H and O–H groups in total.